The van der Waals surface area contributed by atoms with E-state index in [1.54, 1.807) is 60.4 Å². The maximum Gasteiger partial charge on any atom is 0.573 e. The van der Waals surface area contributed by atoms with Crippen LogP contribution in [0.25, 0.3) is 22.8 Å². The summed E-state index contributed by atoms with van der Waals surface area (Å²) in [6, 6.07) is 14.2. The Morgan fingerprint density at radius 3 is 2.66 bits per heavy atom. The fourth-order valence-corrected chi connectivity index (χ4v) is 4.33. The molecule has 1 aliphatic rings. The Hall–Kier alpha value is -4.80. The number of halogens is 3. The highest BCUT2D eigenvalue weighted by atomic mass is 19.4. The van der Waals surface area contributed by atoms with Crippen molar-refractivity contribution >= 4 is 29.2 Å². The minimum Gasteiger partial charge on any atom is -0.406 e. The van der Waals surface area contributed by atoms with Gasteiger partial charge in [-0.1, -0.05) is 24.3 Å². The number of rotatable bonds is 7. The third-order valence-corrected chi connectivity index (χ3v) is 5.93. The van der Waals surface area contributed by atoms with Gasteiger partial charge >= 0.3 is 6.36 Å². The molecule has 0 saturated heterocycles. The topological polar surface area (TPSA) is 101 Å². The van der Waals surface area contributed by atoms with E-state index in [4.69, 9.17) is 0 Å². The number of amides is 2. The Morgan fingerprint density at radius 1 is 1.16 bits per heavy atom. The van der Waals surface area contributed by atoms with Gasteiger partial charge in [-0.25, -0.2) is 0 Å². The Balaban J connectivity index is 1.45. The lowest BCUT2D eigenvalue weighted by Gasteiger charge is -2.11. The number of fused-ring (bicyclic) bond motifs is 1. The first kappa shape index (κ1) is 24.9. The number of ether oxygens (including phenoxy) is 1. The van der Waals surface area contributed by atoms with Crippen molar-refractivity contribution in [3.8, 4) is 16.9 Å². The predicted molar refractivity (Wildman–Crippen MR) is 135 cm³/mol. The molecule has 3 N–H and O–H groups in total. The van der Waals surface area contributed by atoms with Crippen molar-refractivity contribution in [2.45, 2.75) is 19.8 Å². The molecule has 0 bridgehead atoms. The molecule has 0 saturated carbocycles. The molecule has 8 nitrogen and oxygen atoms in total. The standard InChI is InChI=1S/C27H22F3N5O3/c1-16-14-20(25(36)31-11-13-35-12-3-10-32-35)23(33-16)15-21-24-19(4-2-5-22(24)34-26(21)37)17-6-8-18(9-7-17)38-27(28,29)30/h2-10,12,14-15,33H,11,13H2,1H3,(H,31,36)(H,34,37)/b21-15-. The van der Waals surface area contributed by atoms with E-state index >= 15 is 0 Å². The number of alkyl halides is 3. The molecule has 0 radical (unpaired) electrons. The van der Waals surface area contributed by atoms with Crippen molar-refractivity contribution in [2.24, 2.45) is 0 Å². The number of aromatic nitrogens is 3. The maximum absolute atomic E-state index is 13.0. The number of hydrogen-bond donors (Lipinski definition) is 3. The van der Waals surface area contributed by atoms with Crippen molar-refractivity contribution in [1.29, 1.82) is 0 Å². The van der Waals surface area contributed by atoms with E-state index in [-0.39, 0.29) is 17.6 Å². The first-order chi connectivity index (χ1) is 18.2. The molecule has 38 heavy (non-hydrogen) atoms. The Bertz CT molecular complexity index is 1520. The van der Waals surface area contributed by atoms with E-state index in [9.17, 15) is 22.8 Å². The molecule has 5 rings (SSSR count). The van der Waals surface area contributed by atoms with Crippen LogP contribution in [0.2, 0.25) is 0 Å². The Labute approximate surface area is 215 Å². The number of H-pyrrole nitrogens is 1. The summed E-state index contributed by atoms with van der Waals surface area (Å²) >= 11 is 0. The van der Waals surface area contributed by atoms with Gasteiger partial charge in [0.15, 0.2) is 0 Å². The van der Waals surface area contributed by atoms with Crippen LogP contribution in [0.1, 0.15) is 27.3 Å². The fourth-order valence-electron chi connectivity index (χ4n) is 4.33. The molecule has 1 aliphatic heterocycles. The van der Waals surface area contributed by atoms with E-state index < -0.39 is 6.36 Å². The van der Waals surface area contributed by atoms with Gasteiger partial charge < -0.3 is 20.4 Å². The third-order valence-electron chi connectivity index (χ3n) is 5.93. The van der Waals surface area contributed by atoms with Crippen molar-refractivity contribution in [1.82, 2.24) is 20.1 Å². The quantitative estimate of drug-likeness (QED) is 0.298. The van der Waals surface area contributed by atoms with Crippen LogP contribution in [-0.4, -0.2) is 39.5 Å². The van der Waals surface area contributed by atoms with E-state index in [0.29, 0.717) is 52.3 Å². The number of nitrogens with zero attached hydrogens (tertiary/aromatic N) is 2. The Kier molecular flexibility index (Phi) is 6.50. The van der Waals surface area contributed by atoms with Crippen molar-refractivity contribution < 1.29 is 27.5 Å². The van der Waals surface area contributed by atoms with Crippen LogP contribution in [0.15, 0.2) is 67.0 Å². The van der Waals surface area contributed by atoms with Crippen LogP contribution in [0.3, 0.4) is 0 Å². The summed E-state index contributed by atoms with van der Waals surface area (Å²) in [5.41, 5.74) is 4.27. The zero-order valence-electron chi connectivity index (χ0n) is 20.1. The molecule has 11 heteroatoms. The van der Waals surface area contributed by atoms with Gasteiger partial charge in [0, 0.05) is 35.9 Å². The molecule has 2 amide bonds. The molecule has 0 unspecified atom stereocenters. The van der Waals surface area contributed by atoms with Gasteiger partial charge in [-0.15, -0.1) is 13.2 Å². The average Bonchev–Trinajstić information content (AvgIpc) is 3.58. The summed E-state index contributed by atoms with van der Waals surface area (Å²) in [5, 5.41) is 9.79. The third kappa shape index (κ3) is 5.31. The molecule has 0 atom stereocenters. The van der Waals surface area contributed by atoms with Crippen molar-refractivity contribution in [2.75, 3.05) is 11.9 Å². The summed E-state index contributed by atoms with van der Waals surface area (Å²) in [7, 11) is 0. The second-order valence-electron chi connectivity index (χ2n) is 8.62. The molecule has 2 aromatic heterocycles. The van der Waals surface area contributed by atoms with Gasteiger partial charge in [0.2, 0.25) is 0 Å². The fraction of sp³-hybridized carbons (Fsp3) is 0.148. The molecule has 3 heterocycles. The lowest BCUT2D eigenvalue weighted by atomic mass is 9.94. The van der Waals surface area contributed by atoms with Gasteiger partial charge in [0.25, 0.3) is 11.8 Å². The SMILES string of the molecule is Cc1cc(C(=O)NCCn2cccn2)c(/C=C2\C(=O)Nc3cccc(-c4ccc(OC(F)(F)F)cc4)c32)[nH]1. The number of aryl methyl sites for hydroxylation is 1. The molecule has 2 aromatic carbocycles. The second kappa shape index (κ2) is 9.92. The summed E-state index contributed by atoms with van der Waals surface area (Å²) < 4.78 is 43.3. The Morgan fingerprint density at radius 2 is 1.95 bits per heavy atom. The highest BCUT2D eigenvalue weighted by Crippen LogP contribution is 2.41. The normalized spacial score (nSPS) is 13.9. The number of benzene rings is 2. The lowest BCUT2D eigenvalue weighted by Crippen LogP contribution is -2.27. The van der Waals surface area contributed by atoms with E-state index in [1.807, 2.05) is 0 Å². The molecular formula is C27H22F3N5O3. The molecular weight excluding hydrogens is 499 g/mol. The number of carbonyl (C=O) groups is 2. The minimum atomic E-state index is -4.79. The van der Waals surface area contributed by atoms with E-state index in [0.717, 1.165) is 5.69 Å². The zero-order chi connectivity index (χ0) is 26.9. The smallest absolute Gasteiger partial charge is 0.406 e. The number of anilines is 1. The van der Waals surface area contributed by atoms with Crippen molar-refractivity contribution in [3.05, 3.63) is 89.5 Å². The number of aromatic amines is 1. The van der Waals surface area contributed by atoms with Gasteiger partial charge in [0.05, 0.1) is 23.4 Å². The van der Waals surface area contributed by atoms with Gasteiger partial charge in [-0.3, -0.25) is 14.3 Å². The van der Waals surface area contributed by atoms with Crippen LogP contribution >= 0.6 is 0 Å². The number of nitrogens with one attached hydrogen (secondary N) is 3. The summed E-state index contributed by atoms with van der Waals surface area (Å²) in [5.74, 6) is -1.01. The highest BCUT2D eigenvalue weighted by Gasteiger charge is 2.31. The van der Waals surface area contributed by atoms with Crippen LogP contribution < -0.4 is 15.4 Å². The largest absolute Gasteiger partial charge is 0.573 e. The van der Waals surface area contributed by atoms with Gasteiger partial charge in [0.1, 0.15) is 5.75 Å². The first-order valence-electron chi connectivity index (χ1n) is 11.7. The average molecular weight is 521 g/mol. The minimum absolute atomic E-state index is 0.305. The summed E-state index contributed by atoms with van der Waals surface area (Å²) in [6.07, 6.45) is 0.276. The van der Waals surface area contributed by atoms with Crippen LogP contribution in [0, 0.1) is 6.92 Å². The number of hydrogen-bond acceptors (Lipinski definition) is 4. The molecule has 0 aliphatic carbocycles. The summed E-state index contributed by atoms with van der Waals surface area (Å²) in [4.78, 5) is 29.1. The van der Waals surface area contributed by atoms with E-state index in [2.05, 4.69) is 25.5 Å². The predicted octanol–water partition coefficient (Wildman–Crippen LogP) is 5.01. The molecule has 194 valence electrons. The van der Waals surface area contributed by atoms with E-state index in [1.165, 1.54) is 24.3 Å². The molecule has 0 spiro atoms. The number of carbonyl (C=O) groups excluding carboxylic acids is 2. The molecule has 0 fully saturated rings. The highest BCUT2D eigenvalue weighted by molar-refractivity contribution is 6.36. The lowest BCUT2D eigenvalue weighted by molar-refractivity contribution is -0.274. The monoisotopic (exact) mass is 521 g/mol. The van der Waals surface area contributed by atoms with Crippen LogP contribution in [0.5, 0.6) is 5.75 Å². The maximum atomic E-state index is 13.0. The first-order valence-corrected chi connectivity index (χ1v) is 11.7. The summed E-state index contributed by atoms with van der Waals surface area (Å²) in [6.45, 7) is 2.67. The van der Waals surface area contributed by atoms with Crippen LogP contribution in [-0.2, 0) is 11.3 Å². The van der Waals surface area contributed by atoms with Crippen molar-refractivity contribution in [3.63, 3.8) is 0 Å². The second-order valence-corrected chi connectivity index (χ2v) is 8.62. The van der Waals surface area contributed by atoms with Gasteiger partial charge in [-0.05, 0) is 54.5 Å². The van der Waals surface area contributed by atoms with Gasteiger partial charge in [-0.2, -0.15) is 5.10 Å². The molecule has 4 aromatic rings. The van der Waals surface area contributed by atoms with Crippen LogP contribution in [0.4, 0.5) is 18.9 Å². The zero-order valence-corrected chi connectivity index (χ0v) is 20.1.